The van der Waals surface area contributed by atoms with Gasteiger partial charge in [-0.2, -0.15) is 11.8 Å². The Morgan fingerprint density at radius 3 is 2.57 bits per heavy atom. The van der Waals surface area contributed by atoms with Crippen molar-refractivity contribution in [3.05, 3.63) is 0 Å². The third-order valence-electron chi connectivity index (χ3n) is 0.583. The standard InChI is InChI=1S/C5H9OS/c1-3-7-5(2)4-6/h5H,3H2,1-2H3. The van der Waals surface area contributed by atoms with Crippen LogP contribution in [0.4, 0.5) is 0 Å². The van der Waals surface area contributed by atoms with Crippen molar-refractivity contribution in [2.45, 2.75) is 19.1 Å². The molecule has 41 valence electrons. The molecular weight excluding hydrogens is 108 g/mol. The molecule has 2 heteroatoms. The fourth-order valence-corrected chi connectivity index (χ4v) is 0.852. The number of thioether (sulfide) groups is 1. The Kier molecular flexibility index (Phi) is 4.20. The zero-order valence-electron chi connectivity index (χ0n) is 4.60. The summed E-state index contributed by atoms with van der Waals surface area (Å²) in [6, 6.07) is 0. The van der Waals surface area contributed by atoms with Gasteiger partial charge < -0.3 is 0 Å². The minimum atomic E-state index is 0.0602. The lowest BCUT2D eigenvalue weighted by molar-refractivity contribution is 0.555. The van der Waals surface area contributed by atoms with Crippen LogP contribution < -0.4 is 0 Å². The second kappa shape index (κ2) is 4.19. The molecule has 0 aliphatic carbocycles. The molecule has 0 bridgehead atoms. The largest absolute Gasteiger partial charge is 0.290 e. The smallest absolute Gasteiger partial charge is 0.212 e. The molecule has 1 radical (unpaired) electrons. The summed E-state index contributed by atoms with van der Waals surface area (Å²) in [7, 11) is 0. The van der Waals surface area contributed by atoms with E-state index in [0.717, 1.165) is 5.75 Å². The zero-order chi connectivity index (χ0) is 5.70. The van der Waals surface area contributed by atoms with Crippen molar-refractivity contribution in [2.24, 2.45) is 0 Å². The van der Waals surface area contributed by atoms with Crippen LogP contribution in [-0.2, 0) is 4.79 Å². The monoisotopic (exact) mass is 117 g/mol. The Morgan fingerprint density at radius 2 is 2.43 bits per heavy atom. The molecule has 0 aliphatic heterocycles. The van der Waals surface area contributed by atoms with Gasteiger partial charge in [-0.05, 0) is 12.7 Å². The predicted molar refractivity (Wildman–Crippen MR) is 33.3 cm³/mol. The predicted octanol–water partition coefficient (Wildman–Crippen LogP) is 1.24. The van der Waals surface area contributed by atoms with E-state index in [9.17, 15) is 4.79 Å². The summed E-state index contributed by atoms with van der Waals surface area (Å²) >= 11 is 1.61. The molecule has 7 heavy (non-hydrogen) atoms. The summed E-state index contributed by atoms with van der Waals surface area (Å²) in [6.45, 7) is 3.87. The maximum absolute atomic E-state index is 9.75. The van der Waals surface area contributed by atoms with Crippen molar-refractivity contribution < 1.29 is 4.79 Å². The first kappa shape index (κ1) is 7.02. The third-order valence-corrected chi connectivity index (χ3v) is 1.51. The Labute approximate surface area is 48.5 Å². The second-order valence-electron chi connectivity index (χ2n) is 1.22. The van der Waals surface area contributed by atoms with Gasteiger partial charge in [-0.3, -0.25) is 4.79 Å². The average molecular weight is 117 g/mol. The van der Waals surface area contributed by atoms with Crippen molar-refractivity contribution in [1.29, 1.82) is 0 Å². The molecule has 0 saturated heterocycles. The SMILES string of the molecule is CCSC(C)[C]=O. The van der Waals surface area contributed by atoms with E-state index < -0.39 is 0 Å². The Balaban J connectivity index is 2.98. The molecular formula is C5H9OS. The highest BCUT2D eigenvalue weighted by molar-refractivity contribution is 8.00. The van der Waals surface area contributed by atoms with Crippen molar-refractivity contribution in [3.8, 4) is 0 Å². The molecule has 0 N–H and O–H groups in total. The summed E-state index contributed by atoms with van der Waals surface area (Å²) < 4.78 is 0. The van der Waals surface area contributed by atoms with Crippen LogP contribution in [0.2, 0.25) is 0 Å². The quantitative estimate of drug-likeness (QED) is 0.553. The maximum Gasteiger partial charge on any atom is 0.212 e. The molecule has 0 aromatic rings. The second-order valence-corrected chi connectivity index (χ2v) is 2.83. The first-order valence-electron chi connectivity index (χ1n) is 2.30. The van der Waals surface area contributed by atoms with Crippen molar-refractivity contribution in [3.63, 3.8) is 0 Å². The Bertz CT molecular complexity index is 54.0. The summed E-state index contributed by atoms with van der Waals surface area (Å²) in [4.78, 5) is 9.75. The van der Waals surface area contributed by atoms with Crippen LogP contribution in [0.5, 0.6) is 0 Å². The van der Waals surface area contributed by atoms with Crippen LogP contribution in [0, 0.1) is 0 Å². The third kappa shape index (κ3) is 3.86. The van der Waals surface area contributed by atoms with Crippen LogP contribution in [0.15, 0.2) is 0 Å². The van der Waals surface area contributed by atoms with Gasteiger partial charge in [-0.15, -0.1) is 0 Å². The summed E-state index contributed by atoms with van der Waals surface area (Å²) in [5, 5.41) is 0.0602. The van der Waals surface area contributed by atoms with Gasteiger partial charge in [0, 0.05) is 0 Å². The number of hydrogen-bond acceptors (Lipinski definition) is 2. The van der Waals surface area contributed by atoms with Gasteiger partial charge in [0.25, 0.3) is 0 Å². The van der Waals surface area contributed by atoms with Gasteiger partial charge in [0.15, 0.2) is 0 Å². The summed E-state index contributed by atoms with van der Waals surface area (Å²) in [5.74, 6) is 0.996. The molecule has 1 nitrogen and oxygen atoms in total. The van der Waals surface area contributed by atoms with Gasteiger partial charge in [0.1, 0.15) is 0 Å². The number of hydrogen-bond donors (Lipinski definition) is 0. The Hall–Kier alpha value is 0.0200. The lowest BCUT2D eigenvalue weighted by atomic mass is 10.5. The highest BCUT2D eigenvalue weighted by Crippen LogP contribution is 2.04. The van der Waals surface area contributed by atoms with Gasteiger partial charge in [0.05, 0.1) is 5.25 Å². The topological polar surface area (TPSA) is 17.1 Å². The minimum Gasteiger partial charge on any atom is -0.290 e. The van der Waals surface area contributed by atoms with Crippen LogP contribution in [-0.4, -0.2) is 17.3 Å². The molecule has 0 aromatic heterocycles. The van der Waals surface area contributed by atoms with E-state index in [-0.39, 0.29) is 5.25 Å². The molecule has 1 atom stereocenters. The van der Waals surface area contributed by atoms with Gasteiger partial charge in [-0.1, -0.05) is 6.92 Å². The van der Waals surface area contributed by atoms with Crippen LogP contribution >= 0.6 is 11.8 Å². The fourth-order valence-electron chi connectivity index (χ4n) is 0.284. The molecule has 0 heterocycles. The summed E-state index contributed by atoms with van der Waals surface area (Å²) in [6.07, 6.45) is 1.88. The minimum absolute atomic E-state index is 0.0602. The van der Waals surface area contributed by atoms with Gasteiger partial charge in [-0.25, -0.2) is 0 Å². The molecule has 0 aliphatic rings. The molecule has 0 saturated carbocycles. The molecule has 0 spiro atoms. The van der Waals surface area contributed by atoms with Crippen molar-refractivity contribution in [2.75, 3.05) is 5.75 Å². The summed E-state index contributed by atoms with van der Waals surface area (Å²) in [5.41, 5.74) is 0. The fraction of sp³-hybridized carbons (Fsp3) is 0.800. The zero-order valence-corrected chi connectivity index (χ0v) is 5.42. The molecule has 0 amide bonds. The van der Waals surface area contributed by atoms with Crippen LogP contribution in [0.1, 0.15) is 13.8 Å². The van der Waals surface area contributed by atoms with Gasteiger partial charge in [0.2, 0.25) is 6.29 Å². The molecule has 0 rings (SSSR count). The Morgan fingerprint density at radius 1 is 1.86 bits per heavy atom. The van der Waals surface area contributed by atoms with E-state index in [1.807, 2.05) is 20.1 Å². The molecule has 1 unspecified atom stereocenters. The van der Waals surface area contributed by atoms with Crippen LogP contribution in [0.25, 0.3) is 0 Å². The lowest BCUT2D eigenvalue weighted by Gasteiger charge is -1.94. The lowest BCUT2D eigenvalue weighted by Crippen LogP contribution is -1.95. The van der Waals surface area contributed by atoms with Crippen molar-refractivity contribution >= 4 is 18.0 Å². The number of carbonyl (C=O) groups excluding carboxylic acids is 1. The van der Waals surface area contributed by atoms with E-state index in [2.05, 4.69) is 0 Å². The highest BCUT2D eigenvalue weighted by atomic mass is 32.2. The normalized spacial score (nSPS) is 13.4. The number of rotatable bonds is 3. The first-order valence-corrected chi connectivity index (χ1v) is 3.35. The van der Waals surface area contributed by atoms with E-state index in [4.69, 9.17) is 0 Å². The van der Waals surface area contributed by atoms with E-state index in [0.29, 0.717) is 0 Å². The molecule has 0 fully saturated rings. The van der Waals surface area contributed by atoms with Crippen molar-refractivity contribution in [1.82, 2.24) is 0 Å². The van der Waals surface area contributed by atoms with E-state index >= 15 is 0 Å². The maximum atomic E-state index is 9.75. The van der Waals surface area contributed by atoms with Crippen LogP contribution in [0.3, 0.4) is 0 Å². The highest BCUT2D eigenvalue weighted by Gasteiger charge is 1.95. The van der Waals surface area contributed by atoms with E-state index in [1.54, 1.807) is 11.8 Å². The van der Waals surface area contributed by atoms with E-state index in [1.165, 1.54) is 0 Å². The first-order chi connectivity index (χ1) is 3.31. The average Bonchev–Trinajstić information content (AvgIpc) is 1.68. The van der Waals surface area contributed by atoms with Gasteiger partial charge >= 0.3 is 0 Å². The molecule has 0 aromatic carbocycles.